The Bertz CT molecular complexity index is 767. The first-order valence-corrected chi connectivity index (χ1v) is 8.87. The number of carbonyl (C=O) groups is 2. The maximum Gasteiger partial charge on any atom is 0.227 e. The van der Waals surface area contributed by atoms with E-state index in [1.807, 2.05) is 26.0 Å². The molecule has 2 amide bonds. The third-order valence-electron chi connectivity index (χ3n) is 5.01. The van der Waals surface area contributed by atoms with Crippen molar-refractivity contribution in [2.45, 2.75) is 33.2 Å². The van der Waals surface area contributed by atoms with Crippen LogP contribution in [0.25, 0.3) is 0 Å². The van der Waals surface area contributed by atoms with Gasteiger partial charge in [0, 0.05) is 51.2 Å². The SMILES string of the molecule is Cc1n[nH]c(C)c1CCN(C)C(=O)[C@H]1CC(=O)N(Cc2cccnc2)C1. The molecule has 1 fully saturated rings. The number of H-pyrrole nitrogens is 1. The Morgan fingerprint density at radius 2 is 2.23 bits per heavy atom. The lowest BCUT2D eigenvalue weighted by Crippen LogP contribution is -2.36. The zero-order valence-electron chi connectivity index (χ0n) is 15.5. The smallest absolute Gasteiger partial charge is 0.227 e. The summed E-state index contributed by atoms with van der Waals surface area (Å²) in [6.45, 7) is 5.55. The van der Waals surface area contributed by atoms with Crippen LogP contribution >= 0.6 is 0 Å². The van der Waals surface area contributed by atoms with E-state index >= 15 is 0 Å². The summed E-state index contributed by atoms with van der Waals surface area (Å²) in [7, 11) is 1.81. The van der Waals surface area contributed by atoms with Gasteiger partial charge in [-0.3, -0.25) is 19.7 Å². The molecule has 1 atom stereocenters. The Balaban J connectivity index is 1.55. The topological polar surface area (TPSA) is 82.2 Å². The zero-order valence-corrected chi connectivity index (χ0v) is 15.5. The molecule has 7 nitrogen and oxygen atoms in total. The van der Waals surface area contributed by atoms with Crippen LogP contribution in [0.5, 0.6) is 0 Å². The van der Waals surface area contributed by atoms with E-state index in [1.165, 1.54) is 0 Å². The number of aromatic amines is 1. The van der Waals surface area contributed by atoms with Crippen molar-refractivity contribution in [1.82, 2.24) is 25.0 Å². The van der Waals surface area contributed by atoms with Gasteiger partial charge in [-0.05, 0) is 37.5 Å². The van der Waals surface area contributed by atoms with Crippen molar-refractivity contribution in [2.75, 3.05) is 20.1 Å². The highest BCUT2D eigenvalue weighted by atomic mass is 16.2. The fourth-order valence-electron chi connectivity index (χ4n) is 3.45. The third-order valence-corrected chi connectivity index (χ3v) is 5.01. The maximum absolute atomic E-state index is 12.7. The molecule has 26 heavy (non-hydrogen) atoms. The molecular weight excluding hydrogens is 330 g/mol. The molecule has 0 saturated carbocycles. The van der Waals surface area contributed by atoms with Crippen LogP contribution in [0.15, 0.2) is 24.5 Å². The molecule has 1 aliphatic rings. The van der Waals surface area contributed by atoms with Crippen LogP contribution < -0.4 is 0 Å². The Labute approximate surface area is 153 Å². The molecule has 0 unspecified atom stereocenters. The average molecular weight is 355 g/mol. The number of nitrogens with zero attached hydrogens (tertiary/aromatic N) is 4. The monoisotopic (exact) mass is 355 g/mol. The molecule has 1 aliphatic heterocycles. The Morgan fingerprint density at radius 3 is 2.88 bits per heavy atom. The van der Waals surface area contributed by atoms with Crippen LogP contribution in [-0.4, -0.2) is 56.9 Å². The van der Waals surface area contributed by atoms with Gasteiger partial charge in [0.05, 0.1) is 11.6 Å². The highest BCUT2D eigenvalue weighted by Gasteiger charge is 2.35. The lowest BCUT2D eigenvalue weighted by Gasteiger charge is -2.21. The second-order valence-electron chi connectivity index (χ2n) is 6.96. The zero-order chi connectivity index (χ0) is 18.7. The van der Waals surface area contributed by atoms with Crippen molar-refractivity contribution >= 4 is 11.8 Å². The molecule has 0 aromatic carbocycles. The predicted octanol–water partition coefficient (Wildman–Crippen LogP) is 1.47. The summed E-state index contributed by atoms with van der Waals surface area (Å²) in [5.74, 6) is -0.205. The van der Waals surface area contributed by atoms with E-state index < -0.39 is 0 Å². The molecule has 0 radical (unpaired) electrons. The molecular formula is C19H25N5O2. The van der Waals surface area contributed by atoms with Crippen LogP contribution in [0.3, 0.4) is 0 Å². The number of likely N-dealkylation sites (tertiary alicyclic amines) is 1. The quantitative estimate of drug-likeness (QED) is 0.851. The first-order chi connectivity index (χ1) is 12.5. The van der Waals surface area contributed by atoms with Crippen LogP contribution in [0.2, 0.25) is 0 Å². The number of likely N-dealkylation sites (N-methyl/N-ethyl adjacent to an activating group) is 1. The van der Waals surface area contributed by atoms with Crippen molar-refractivity contribution in [2.24, 2.45) is 5.92 Å². The molecule has 0 bridgehead atoms. The summed E-state index contributed by atoms with van der Waals surface area (Å²) in [6.07, 6.45) is 4.51. The fraction of sp³-hybridized carbons (Fsp3) is 0.474. The molecule has 3 rings (SSSR count). The van der Waals surface area contributed by atoms with Crippen LogP contribution in [-0.2, 0) is 22.6 Å². The van der Waals surface area contributed by atoms with E-state index in [-0.39, 0.29) is 24.2 Å². The number of carbonyl (C=O) groups excluding carboxylic acids is 2. The van der Waals surface area contributed by atoms with Gasteiger partial charge in [0.2, 0.25) is 11.8 Å². The van der Waals surface area contributed by atoms with Crippen molar-refractivity contribution < 1.29 is 9.59 Å². The molecule has 0 aliphatic carbocycles. The highest BCUT2D eigenvalue weighted by molar-refractivity contribution is 5.89. The van der Waals surface area contributed by atoms with Gasteiger partial charge < -0.3 is 9.80 Å². The van der Waals surface area contributed by atoms with Crippen molar-refractivity contribution in [1.29, 1.82) is 0 Å². The lowest BCUT2D eigenvalue weighted by molar-refractivity contribution is -0.134. The van der Waals surface area contributed by atoms with Gasteiger partial charge in [-0.2, -0.15) is 5.10 Å². The number of hydrogen-bond donors (Lipinski definition) is 1. The number of aryl methyl sites for hydroxylation is 2. The summed E-state index contributed by atoms with van der Waals surface area (Å²) < 4.78 is 0. The summed E-state index contributed by atoms with van der Waals surface area (Å²) in [5, 5.41) is 7.16. The second kappa shape index (κ2) is 7.68. The van der Waals surface area contributed by atoms with E-state index in [1.54, 1.807) is 29.2 Å². The number of amides is 2. The normalized spacial score (nSPS) is 17.0. The van der Waals surface area contributed by atoms with Crippen molar-refractivity contribution in [3.8, 4) is 0 Å². The number of nitrogens with one attached hydrogen (secondary N) is 1. The van der Waals surface area contributed by atoms with Gasteiger partial charge in [0.15, 0.2) is 0 Å². The van der Waals surface area contributed by atoms with Gasteiger partial charge in [0.1, 0.15) is 0 Å². The van der Waals surface area contributed by atoms with Gasteiger partial charge in [-0.15, -0.1) is 0 Å². The minimum atomic E-state index is -0.268. The molecule has 1 saturated heterocycles. The minimum absolute atomic E-state index is 0.0297. The van der Waals surface area contributed by atoms with Crippen LogP contribution in [0.1, 0.15) is 28.9 Å². The van der Waals surface area contributed by atoms with Gasteiger partial charge >= 0.3 is 0 Å². The van der Waals surface area contributed by atoms with E-state index in [0.29, 0.717) is 19.6 Å². The number of rotatable bonds is 6. The minimum Gasteiger partial charge on any atom is -0.345 e. The fourth-order valence-corrected chi connectivity index (χ4v) is 3.45. The van der Waals surface area contributed by atoms with Gasteiger partial charge in [-0.1, -0.05) is 6.07 Å². The summed E-state index contributed by atoms with van der Waals surface area (Å²) in [6, 6.07) is 3.79. The number of aromatic nitrogens is 3. The summed E-state index contributed by atoms with van der Waals surface area (Å²) in [5.41, 5.74) is 4.16. The lowest BCUT2D eigenvalue weighted by atomic mass is 10.1. The molecule has 1 N–H and O–H groups in total. The van der Waals surface area contributed by atoms with Crippen LogP contribution in [0, 0.1) is 19.8 Å². The Hall–Kier alpha value is -2.70. The second-order valence-corrected chi connectivity index (χ2v) is 6.96. The largest absolute Gasteiger partial charge is 0.345 e. The van der Waals surface area contributed by atoms with E-state index in [0.717, 1.165) is 28.9 Å². The molecule has 2 aromatic rings. The Kier molecular flexibility index (Phi) is 5.35. The molecule has 0 spiro atoms. The third kappa shape index (κ3) is 3.92. The van der Waals surface area contributed by atoms with E-state index in [9.17, 15) is 9.59 Å². The van der Waals surface area contributed by atoms with Gasteiger partial charge in [0.25, 0.3) is 0 Å². The average Bonchev–Trinajstić information content (AvgIpc) is 3.15. The maximum atomic E-state index is 12.7. The molecule has 2 aromatic heterocycles. The highest BCUT2D eigenvalue weighted by Crippen LogP contribution is 2.22. The van der Waals surface area contributed by atoms with Crippen molar-refractivity contribution in [3.05, 3.63) is 47.0 Å². The summed E-state index contributed by atoms with van der Waals surface area (Å²) >= 11 is 0. The first kappa shape index (κ1) is 18.1. The van der Waals surface area contributed by atoms with E-state index in [4.69, 9.17) is 0 Å². The number of hydrogen-bond acceptors (Lipinski definition) is 4. The van der Waals surface area contributed by atoms with Crippen molar-refractivity contribution in [3.63, 3.8) is 0 Å². The molecule has 3 heterocycles. The molecule has 7 heteroatoms. The first-order valence-electron chi connectivity index (χ1n) is 8.87. The molecule has 138 valence electrons. The summed E-state index contributed by atoms with van der Waals surface area (Å²) in [4.78, 5) is 32.6. The van der Waals surface area contributed by atoms with Gasteiger partial charge in [-0.25, -0.2) is 0 Å². The Morgan fingerprint density at radius 1 is 1.42 bits per heavy atom. The van der Waals surface area contributed by atoms with E-state index in [2.05, 4.69) is 15.2 Å². The number of pyridine rings is 1. The van der Waals surface area contributed by atoms with Crippen LogP contribution in [0.4, 0.5) is 0 Å². The predicted molar refractivity (Wildman–Crippen MR) is 97.2 cm³/mol. The standard InChI is InChI=1S/C19H25N5O2/c1-13-17(14(2)22-21-13)6-8-23(3)19(26)16-9-18(25)24(12-16)11-15-5-4-7-20-10-15/h4-5,7,10,16H,6,8-9,11-12H2,1-3H3,(H,21,22)/t16-/m0/s1.